The van der Waals surface area contributed by atoms with Gasteiger partial charge in [-0.25, -0.2) is 4.79 Å². The van der Waals surface area contributed by atoms with Crippen LogP contribution in [0.2, 0.25) is 0 Å². The lowest BCUT2D eigenvalue weighted by Crippen LogP contribution is -2.47. The molecule has 3 aliphatic rings. The minimum Gasteiger partial charge on any atom is -0.275 e. The Hall–Kier alpha value is -2.85. The molecule has 0 aromatic carbocycles. The van der Waals surface area contributed by atoms with Gasteiger partial charge in [0.1, 0.15) is 12.1 Å². The molecule has 0 spiro atoms. The number of amides is 4. The molecular weight excluding hydrogens is 492 g/mol. The average molecular weight is 533 g/mol. The van der Waals surface area contributed by atoms with Gasteiger partial charge in [-0.15, -0.1) is 0 Å². The zero-order chi connectivity index (χ0) is 28.3. The zero-order valence-electron chi connectivity index (χ0n) is 23.5. The fourth-order valence-corrected chi connectivity index (χ4v) is 5.42. The SMILES string of the molecule is CC1=C(C)C(=O)N(CCCCC(C(=O)OOOC2CC(C)CCC2C(C)C)N2C(=O)C(C)=C(C)C2=O)C1=O. The molecule has 210 valence electrons. The Balaban J connectivity index is 1.62. The highest BCUT2D eigenvalue weighted by atomic mass is 17.5. The highest BCUT2D eigenvalue weighted by Crippen LogP contribution is 2.35. The number of carbonyl (C=O) groups is 5. The van der Waals surface area contributed by atoms with Crippen molar-refractivity contribution < 1.29 is 38.8 Å². The standard InChI is InChI=1S/C28H40N2O8/c1-15(2)21-12-11-16(3)14-23(21)36-38-37-28(35)22(30-26(33)19(6)20(7)27(30)34)10-8-9-13-29-24(31)17(4)18(5)25(29)32/h15-16,21-23H,8-14H2,1-7H3. The van der Waals surface area contributed by atoms with Gasteiger partial charge in [0.2, 0.25) is 0 Å². The van der Waals surface area contributed by atoms with Gasteiger partial charge in [-0.3, -0.25) is 33.9 Å². The van der Waals surface area contributed by atoms with E-state index in [0.29, 0.717) is 35.8 Å². The highest BCUT2D eigenvalue weighted by Gasteiger charge is 2.43. The van der Waals surface area contributed by atoms with Gasteiger partial charge in [-0.1, -0.05) is 27.2 Å². The van der Waals surface area contributed by atoms with Gasteiger partial charge < -0.3 is 0 Å². The van der Waals surface area contributed by atoms with Crippen molar-refractivity contribution in [1.29, 1.82) is 0 Å². The number of unbranched alkanes of at least 4 members (excludes halogenated alkanes) is 1. The average Bonchev–Trinajstić information content (AvgIpc) is 3.17. The highest BCUT2D eigenvalue weighted by molar-refractivity contribution is 6.20. The molecule has 0 bridgehead atoms. The third-order valence-corrected chi connectivity index (χ3v) is 8.27. The Morgan fingerprint density at radius 3 is 1.97 bits per heavy atom. The summed E-state index contributed by atoms with van der Waals surface area (Å²) in [6, 6.07) is -1.23. The van der Waals surface area contributed by atoms with Crippen LogP contribution in [0.1, 0.15) is 87.0 Å². The molecular formula is C28H40N2O8. The number of nitrogens with zero attached hydrogens (tertiary/aromatic N) is 2. The Kier molecular flexibility index (Phi) is 9.64. The summed E-state index contributed by atoms with van der Waals surface area (Å²) in [4.78, 5) is 75.9. The minimum absolute atomic E-state index is 0.0803. The third-order valence-electron chi connectivity index (χ3n) is 8.27. The Morgan fingerprint density at radius 2 is 1.42 bits per heavy atom. The summed E-state index contributed by atoms with van der Waals surface area (Å²) in [6.07, 6.45) is 3.44. The summed E-state index contributed by atoms with van der Waals surface area (Å²) >= 11 is 0. The molecule has 10 nitrogen and oxygen atoms in total. The van der Waals surface area contributed by atoms with Crippen LogP contribution < -0.4 is 0 Å². The van der Waals surface area contributed by atoms with E-state index >= 15 is 0 Å². The van der Waals surface area contributed by atoms with Gasteiger partial charge >= 0.3 is 5.97 Å². The van der Waals surface area contributed by atoms with E-state index in [0.717, 1.165) is 24.2 Å². The van der Waals surface area contributed by atoms with Gasteiger partial charge in [-0.2, -0.15) is 4.89 Å². The molecule has 4 amide bonds. The van der Waals surface area contributed by atoms with Crippen molar-refractivity contribution in [3.05, 3.63) is 22.3 Å². The number of imide groups is 2. The van der Waals surface area contributed by atoms with Crippen molar-refractivity contribution in [3.8, 4) is 0 Å². The van der Waals surface area contributed by atoms with E-state index in [2.05, 4.69) is 20.8 Å². The molecule has 0 aromatic rings. The molecule has 2 aliphatic heterocycles. The predicted octanol–water partition coefficient (Wildman–Crippen LogP) is 3.80. The van der Waals surface area contributed by atoms with Crippen molar-refractivity contribution in [1.82, 2.24) is 9.80 Å². The van der Waals surface area contributed by atoms with Crippen LogP contribution in [0.15, 0.2) is 22.3 Å². The van der Waals surface area contributed by atoms with Crippen LogP contribution in [0.25, 0.3) is 0 Å². The fraction of sp³-hybridized carbons (Fsp3) is 0.679. The summed E-state index contributed by atoms with van der Waals surface area (Å²) in [7, 11) is 0. The van der Waals surface area contributed by atoms with E-state index in [1.54, 1.807) is 13.8 Å². The maximum atomic E-state index is 13.1. The summed E-state index contributed by atoms with van der Waals surface area (Å²) in [5.41, 5.74) is 1.38. The third kappa shape index (κ3) is 6.07. The lowest BCUT2D eigenvalue weighted by Gasteiger charge is -2.35. The Labute approximate surface area is 224 Å². The molecule has 4 unspecified atom stereocenters. The van der Waals surface area contributed by atoms with Crippen molar-refractivity contribution in [2.75, 3.05) is 6.54 Å². The second kappa shape index (κ2) is 12.3. The monoisotopic (exact) mass is 532 g/mol. The molecule has 2 heterocycles. The number of carbonyl (C=O) groups excluding carboxylic acids is 5. The molecule has 1 fully saturated rings. The van der Waals surface area contributed by atoms with E-state index in [4.69, 9.17) is 14.8 Å². The quantitative estimate of drug-likeness (QED) is 0.171. The van der Waals surface area contributed by atoms with Gasteiger partial charge in [0.05, 0.1) is 0 Å². The van der Waals surface area contributed by atoms with Gasteiger partial charge in [0.25, 0.3) is 23.6 Å². The number of rotatable bonds is 11. The smallest absolute Gasteiger partial charge is 0.275 e. The predicted molar refractivity (Wildman–Crippen MR) is 136 cm³/mol. The summed E-state index contributed by atoms with van der Waals surface area (Å²) in [5.74, 6) is -1.61. The van der Waals surface area contributed by atoms with Crippen LogP contribution in [0.3, 0.4) is 0 Å². The first-order chi connectivity index (χ1) is 17.9. The zero-order valence-corrected chi connectivity index (χ0v) is 23.5. The van der Waals surface area contributed by atoms with Crippen molar-refractivity contribution in [2.45, 2.75) is 99.1 Å². The number of hydrogen-bond donors (Lipinski definition) is 0. The Bertz CT molecular complexity index is 1010. The number of hydrogen-bond acceptors (Lipinski definition) is 8. The molecule has 1 aliphatic carbocycles. The molecule has 0 radical (unpaired) electrons. The van der Waals surface area contributed by atoms with Crippen LogP contribution >= 0.6 is 0 Å². The molecule has 4 atom stereocenters. The van der Waals surface area contributed by atoms with E-state index in [9.17, 15) is 24.0 Å². The van der Waals surface area contributed by atoms with E-state index < -0.39 is 23.8 Å². The molecule has 1 saturated carbocycles. The van der Waals surface area contributed by atoms with Crippen molar-refractivity contribution >= 4 is 29.6 Å². The minimum atomic E-state index is -1.23. The van der Waals surface area contributed by atoms with Crippen molar-refractivity contribution in [3.63, 3.8) is 0 Å². The van der Waals surface area contributed by atoms with Crippen molar-refractivity contribution in [2.24, 2.45) is 17.8 Å². The van der Waals surface area contributed by atoms with Gasteiger partial charge in [0, 0.05) is 28.8 Å². The lowest BCUT2D eigenvalue weighted by molar-refractivity contribution is -0.509. The topological polar surface area (TPSA) is 120 Å². The molecule has 38 heavy (non-hydrogen) atoms. The second-order valence-corrected chi connectivity index (χ2v) is 11.2. The maximum Gasteiger partial charge on any atom is 0.368 e. The summed E-state index contributed by atoms with van der Waals surface area (Å²) in [6.45, 7) is 12.8. The van der Waals surface area contributed by atoms with Crippen LogP contribution in [0.5, 0.6) is 0 Å². The summed E-state index contributed by atoms with van der Waals surface area (Å²) in [5, 5.41) is 4.95. The normalized spacial score (nSPS) is 25.4. The maximum absolute atomic E-state index is 13.1. The lowest BCUT2D eigenvalue weighted by atomic mass is 9.75. The van der Waals surface area contributed by atoms with Crippen LogP contribution in [-0.2, 0) is 38.8 Å². The van der Waals surface area contributed by atoms with Gasteiger partial charge in [-0.05, 0) is 82.6 Å². The van der Waals surface area contributed by atoms with Crippen LogP contribution in [0.4, 0.5) is 0 Å². The molecule has 0 aromatic heterocycles. The first kappa shape index (κ1) is 29.7. The van der Waals surface area contributed by atoms with Crippen LogP contribution in [-0.4, -0.2) is 58.1 Å². The Morgan fingerprint density at radius 1 is 0.868 bits per heavy atom. The fourth-order valence-electron chi connectivity index (χ4n) is 5.42. The molecule has 0 saturated heterocycles. The second-order valence-electron chi connectivity index (χ2n) is 11.2. The van der Waals surface area contributed by atoms with Gasteiger partial charge in [0.15, 0.2) is 0 Å². The molecule has 0 N–H and O–H groups in total. The van der Waals surface area contributed by atoms with E-state index in [1.807, 2.05) is 0 Å². The van der Waals surface area contributed by atoms with E-state index in [-0.39, 0.29) is 47.9 Å². The summed E-state index contributed by atoms with van der Waals surface area (Å²) < 4.78 is 0. The largest absolute Gasteiger partial charge is 0.368 e. The molecule has 3 rings (SSSR count). The first-order valence-corrected chi connectivity index (χ1v) is 13.5. The molecule has 10 heteroatoms. The first-order valence-electron chi connectivity index (χ1n) is 13.5. The van der Waals surface area contributed by atoms with E-state index in [1.165, 1.54) is 18.7 Å². The van der Waals surface area contributed by atoms with Crippen LogP contribution in [0, 0.1) is 17.8 Å².